The van der Waals surface area contributed by atoms with Gasteiger partial charge in [0.25, 0.3) is 5.91 Å². The molecule has 0 aliphatic heterocycles. The minimum Gasteiger partial charge on any atom is -0.349 e. The highest BCUT2D eigenvalue weighted by Crippen LogP contribution is 2.07. The summed E-state index contributed by atoms with van der Waals surface area (Å²) in [4.78, 5) is 15.2. The number of pyridine rings is 1. The second-order valence-electron chi connectivity index (χ2n) is 4.57. The lowest BCUT2D eigenvalue weighted by atomic mass is 10.1. The number of halogens is 1. The van der Waals surface area contributed by atoms with Crippen LogP contribution in [0.15, 0.2) is 18.3 Å². The van der Waals surface area contributed by atoms with E-state index in [1.54, 1.807) is 6.07 Å². The van der Waals surface area contributed by atoms with Gasteiger partial charge in [0.2, 0.25) is 5.95 Å². The molecular weight excluding hydrogens is 231 g/mol. The van der Waals surface area contributed by atoms with E-state index in [0.29, 0.717) is 0 Å². The van der Waals surface area contributed by atoms with E-state index >= 15 is 0 Å². The fraction of sp³-hybridized carbons (Fsp3) is 0.571. The molecule has 0 aliphatic carbocycles. The highest BCUT2D eigenvalue weighted by atomic mass is 19.1. The predicted molar refractivity (Wildman–Crippen MR) is 69.9 cm³/mol. The van der Waals surface area contributed by atoms with Gasteiger partial charge < -0.3 is 5.32 Å². The Kier molecular flexibility index (Phi) is 6.33. The molecule has 0 fully saturated rings. The highest BCUT2D eigenvalue weighted by Gasteiger charge is 2.13. The lowest BCUT2D eigenvalue weighted by Crippen LogP contribution is -2.33. The monoisotopic (exact) mass is 252 g/mol. The summed E-state index contributed by atoms with van der Waals surface area (Å²) < 4.78 is 13.3. The summed E-state index contributed by atoms with van der Waals surface area (Å²) in [6.45, 7) is 4.11. The van der Waals surface area contributed by atoms with Crippen LogP contribution in [0.3, 0.4) is 0 Å². The van der Waals surface area contributed by atoms with Crippen LogP contribution in [0.2, 0.25) is 0 Å². The smallest absolute Gasteiger partial charge is 0.256 e. The molecule has 0 aliphatic rings. The standard InChI is InChI=1S/C14H21FN2O/c1-3-4-5-6-8-11(2)17-14(18)12-9-7-10-16-13(12)15/h7,9-11H,3-6,8H2,1-2H3,(H,17,18). The minimum atomic E-state index is -0.715. The molecule has 0 saturated carbocycles. The first kappa shape index (κ1) is 14.6. The van der Waals surface area contributed by atoms with Crippen LogP contribution in [0.5, 0.6) is 0 Å². The maximum atomic E-state index is 13.3. The number of unbranched alkanes of at least 4 members (excludes halogenated alkanes) is 3. The highest BCUT2D eigenvalue weighted by molar-refractivity contribution is 5.94. The molecule has 0 aromatic carbocycles. The Morgan fingerprint density at radius 1 is 1.44 bits per heavy atom. The van der Waals surface area contributed by atoms with Crippen LogP contribution in [0, 0.1) is 5.95 Å². The molecule has 100 valence electrons. The summed E-state index contributed by atoms with van der Waals surface area (Å²) in [5, 5.41) is 2.79. The largest absolute Gasteiger partial charge is 0.349 e. The van der Waals surface area contributed by atoms with Gasteiger partial charge in [0, 0.05) is 12.2 Å². The van der Waals surface area contributed by atoms with E-state index in [1.807, 2.05) is 6.92 Å². The molecule has 0 bridgehead atoms. The summed E-state index contributed by atoms with van der Waals surface area (Å²) in [6, 6.07) is 3.07. The van der Waals surface area contributed by atoms with Crippen LogP contribution in [0.4, 0.5) is 4.39 Å². The van der Waals surface area contributed by atoms with Crippen LogP contribution >= 0.6 is 0 Å². The van der Waals surface area contributed by atoms with Gasteiger partial charge in [-0.25, -0.2) is 4.98 Å². The zero-order valence-corrected chi connectivity index (χ0v) is 11.1. The van der Waals surface area contributed by atoms with Crippen LogP contribution < -0.4 is 5.32 Å². The van der Waals surface area contributed by atoms with Crippen molar-refractivity contribution in [2.75, 3.05) is 0 Å². The van der Waals surface area contributed by atoms with Crippen molar-refractivity contribution in [1.82, 2.24) is 10.3 Å². The molecule has 4 heteroatoms. The number of hydrogen-bond donors (Lipinski definition) is 1. The molecule has 3 nitrogen and oxygen atoms in total. The predicted octanol–water partition coefficient (Wildman–Crippen LogP) is 3.31. The number of nitrogens with one attached hydrogen (secondary N) is 1. The average Bonchev–Trinajstić information content (AvgIpc) is 2.35. The van der Waals surface area contributed by atoms with Gasteiger partial charge in [-0.2, -0.15) is 4.39 Å². The van der Waals surface area contributed by atoms with Crippen LogP contribution in [-0.4, -0.2) is 16.9 Å². The van der Waals surface area contributed by atoms with Gasteiger partial charge in [0.1, 0.15) is 0 Å². The molecular formula is C14H21FN2O. The number of rotatable bonds is 7. The molecule has 1 unspecified atom stereocenters. The van der Waals surface area contributed by atoms with Crippen molar-refractivity contribution in [1.29, 1.82) is 0 Å². The van der Waals surface area contributed by atoms with Gasteiger partial charge >= 0.3 is 0 Å². The third-order valence-corrected chi connectivity index (χ3v) is 2.87. The Bertz CT molecular complexity index is 382. The summed E-state index contributed by atoms with van der Waals surface area (Å²) in [7, 11) is 0. The Morgan fingerprint density at radius 2 is 2.22 bits per heavy atom. The van der Waals surface area contributed by atoms with Gasteiger partial charge in [-0.1, -0.05) is 32.6 Å². The van der Waals surface area contributed by atoms with Gasteiger partial charge in [-0.15, -0.1) is 0 Å². The zero-order valence-electron chi connectivity index (χ0n) is 11.1. The van der Waals surface area contributed by atoms with E-state index in [0.717, 1.165) is 12.8 Å². The summed E-state index contributed by atoms with van der Waals surface area (Å²) in [5.41, 5.74) is 0.0120. The van der Waals surface area contributed by atoms with Crippen molar-refractivity contribution in [3.05, 3.63) is 29.8 Å². The molecule has 0 spiro atoms. The number of amides is 1. The first-order valence-corrected chi connectivity index (χ1v) is 6.56. The molecule has 1 N–H and O–H groups in total. The first-order chi connectivity index (χ1) is 8.65. The lowest BCUT2D eigenvalue weighted by molar-refractivity contribution is 0.0933. The maximum absolute atomic E-state index is 13.3. The number of carbonyl (C=O) groups is 1. The Hall–Kier alpha value is -1.45. The number of carbonyl (C=O) groups excluding carboxylic acids is 1. The molecule has 1 rings (SSSR count). The molecule has 1 aromatic heterocycles. The fourth-order valence-electron chi connectivity index (χ4n) is 1.81. The quantitative estimate of drug-likeness (QED) is 0.597. The number of nitrogens with zero attached hydrogens (tertiary/aromatic N) is 1. The van der Waals surface area contributed by atoms with Gasteiger partial charge in [-0.3, -0.25) is 4.79 Å². The van der Waals surface area contributed by atoms with E-state index < -0.39 is 5.95 Å². The van der Waals surface area contributed by atoms with Crippen LogP contribution in [0.1, 0.15) is 56.3 Å². The molecule has 1 heterocycles. The van der Waals surface area contributed by atoms with Gasteiger partial charge in [-0.05, 0) is 25.5 Å². The molecule has 1 atom stereocenters. The molecule has 1 aromatic rings. The summed E-state index contributed by atoms with van der Waals surface area (Å²) in [6.07, 6.45) is 6.94. The van der Waals surface area contributed by atoms with E-state index in [9.17, 15) is 9.18 Å². The van der Waals surface area contributed by atoms with Crippen molar-refractivity contribution < 1.29 is 9.18 Å². The van der Waals surface area contributed by atoms with Crippen molar-refractivity contribution in [2.24, 2.45) is 0 Å². The lowest BCUT2D eigenvalue weighted by Gasteiger charge is -2.13. The summed E-state index contributed by atoms with van der Waals surface area (Å²) >= 11 is 0. The molecule has 1 amide bonds. The Morgan fingerprint density at radius 3 is 2.89 bits per heavy atom. The molecule has 18 heavy (non-hydrogen) atoms. The minimum absolute atomic E-state index is 0.0120. The first-order valence-electron chi connectivity index (χ1n) is 6.56. The van der Waals surface area contributed by atoms with Crippen LogP contribution in [0.25, 0.3) is 0 Å². The van der Waals surface area contributed by atoms with Gasteiger partial charge in [0.05, 0.1) is 5.56 Å². The molecule has 0 radical (unpaired) electrons. The maximum Gasteiger partial charge on any atom is 0.256 e. The second kappa shape index (κ2) is 7.80. The van der Waals surface area contributed by atoms with Crippen LogP contribution in [-0.2, 0) is 0 Å². The fourth-order valence-corrected chi connectivity index (χ4v) is 1.81. The Balaban J connectivity index is 2.38. The van der Waals surface area contributed by atoms with Crippen molar-refractivity contribution in [3.63, 3.8) is 0 Å². The normalized spacial score (nSPS) is 12.2. The second-order valence-corrected chi connectivity index (χ2v) is 4.57. The number of hydrogen-bond acceptors (Lipinski definition) is 2. The van der Waals surface area contributed by atoms with Crippen molar-refractivity contribution >= 4 is 5.91 Å². The topological polar surface area (TPSA) is 42.0 Å². The van der Waals surface area contributed by atoms with E-state index in [1.165, 1.54) is 31.5 Å². The van der Waals surface area contributed by atoms with Crippen molar-refractivity contribution in [2.45, 2.75) is 52.0 Å². The van der Waals surface area contributed by atoms with E-state index in [-0.39, 0.29) is 17.5 Å². The SMILES string of the molecule is CCCCCCC(C)NC(=O)c1cccnc1F. The number of aromatic nitrogens is 1. The van der Waals surface area contributed by atoms with E-state index in [4.69, 9.17) is 0 Å². The Labute approximate surface area is 108 Å². The molecule has 0 saturated heterocycles. The third-order valence-electron chi connectivity index (χ3n) is 2.87. The van der Waals surface area contributed by atoms with E-state index in [2.05, 4.69) is 17.2 Å². The summed E-state index contributed by atoms with van der Waals surface area (Å²) in [5.74, 6) is -1.10. The average molecular weight is 252 g/mol. The van der Waals surface area contributed by atoms with Crippen molar-refractivity contribution in [3.8, 4) is 0 Å². The zero-order chi connectivity index (χ0) is 13.4. The van der Waals surface area contributed by atoms with Gasteiger partial charge in [0.15, 0.2) is 0 Å². The third kappa shape index (κ3) is 4.82.